The highest BCUT2D eigenvalue weighted by atomic mass is 32.2. The number of pyridine rings is 1. The van der Waals surface area contributed by atoms with Crippen molar-refractivity contribution in [2.24, 2.45) is 0 Å². The molecule has 2 N–H and O–H groups in total. The molecule has 9 nitrogen and oxygen atoms in total. The standard InChI is InChI=1S/C24H22N6O3S/c31-21(27-20-8-2-1-7-19(20)23(32)26-14-18-6-4-12-33-18)15-34-24-29-28-22(30(24)17-9-10-17)16-5-3-11-25-13-16/h1-8,11-13,17H,9-10,14-15H2,(H,26,32)(H,27,31). The van der Waals surface area contributed by atoms with Crippen LogP contribution in [0.25, 0.3) is 11.4 Å². The molecule has 10 heteroatoms. The van der Waals surface area contributed by atoms with Gasteiger partial charge >= 0.3 is 0 Å². The van der Waals surface area contributed by atoms with Crippen LogP contribution in [-0.2, 0) is 11.3 Å². The van der Waals surface area contributed by atoms with Gasteiger partial charge in [-0.1, -0.05) is 23.9 Å². The second-order valence-corrected chi connectivity index (χ2v) is 8.74. The molecule has 2 amide bonds. The van der Waals surface area contributed by atoms with Crippen LogP contribution < -0.4 is 10.6 Å². The number of amides is 2. The van der Waals surface area contributed by atoms with Gasteiger partial charge in [-0.25, -0.2) is 0 Å². The van der Waals surface area contributed by atoms with Crippen molar-refractivity contribution in [3.05, 3.63) is 78.5 Å². The predicted octanol–water partition coefficient (Wildman–Crippen LogP) is 3.93. The average Bonchev–Trinajstić information content (AvgIpc) is 3.39. The fourth-order valence-electron chi connectivity index (χ4n) is 3.51. The van der Waals surface area contributed by atoms with Gasteiger partial charge in [-0.05, 0) is 49.2 Å². The van der Waals surface area contributed by atoms with Crippen molar-refractivity contribution in [1.82, 2.24) is 25.1 Å². The first-order valence-corrected chi connectivity index (χ1v) is 11.8. The van der Waals surface area contributed by atoms with Gasteiger partial charge in [0.25, 0.3) is 5.91 Å². The summed E-state index contributed by atoms with van der Waals surface area (Å²) in [6.45, 7) is 0.264. The van der Waals surface area contributed by atoms with Gasteiger partial charge in [0.2, 0.25) is 5.91 Å². The van der Waals surface area contributed by atoms with Gasteiger partial charge in [0.1, 0.15) is 5.76 Å². The molecule has 0 radical (unpaired) electrons. The predicted molar refractivity (Wildman–Crippen MR) is 127 cm³/mol. The Morgan fingerprint density at radius 2 is 1.97 bits per heavy atom. The first-order chi connectivity index (χ1) is 16.7. The number of furan rings is 1. The highest BCUT2D eigenvalue weighted by Crippen LogP contribution is 2.40. The second-order valence-electron chi connectivity index (χ2n) is 7.79. The molecular formula is C24H22N6O3S. The summed E-state index contributed by atoms with van der Waals surface area (Å²) in [4.78, 5) is 29.6. The van der Waals surface area contributed by atoms with Crippen LogP contribution in [0.5, 0.6) is 0 Å². The number of carbonyl (C=O) groups excluding carboxylic acids is 2. The fourth-order valence-corrected chi connectivity index (χ4v) is 4.32. The highest BCUT2D eigenvalue weighted by Gasteiger charge is 2.30. The molecule has 1 aliphatic rings. The number of para-hydroxylation sites is 1. The zero-order valence-electron chi connectivity index (χ0n) is 18.2. The largest absolute Gasteiger partial charge is 0.467 e. The van der Waals surface area contributed by atoms with Crippen molar-refractivity contribution < 1.29 is 14.0 Å². The van der Waals surface area contributed by atoms with E-state index in [1.165, 1.54) is 11.8 Å². The van der Waals surface area contributed by atoms with E-state index in [1.807, 2.05) is 12.1 Å². The van der Waals surface area contributed by atoms with E-state index in [9.17, 15) is 9.59 Å². The van der Waals surface area contributed by atoms with Crippen molar-refractivity contribution in [3.8, 4) is 11.4 Å². The van der Waals surface area contributed by atoms with Crippen LogP contribution in [0.4, 0.5) is 5.69 Å². The van der Waals surface area contributed by atoms with Crippen LogP contribution in [0.3, 0.4) is 0 Å². The Kier molecular flexibility index (Phi) is 6.39. The number of carbonyl (C=O) groups is 2. The zero-order valence-corrected chi connectivity index (χ0v) is 19.0. The normalized spacial score (nSPS) is 12.9. The van der Waals surface area contributed by atoms with Crippen LogP contribution >= 0.6 is 11.8 Å². The number of nitrogens with zero attached hydrogens (tertiary/aromatic N) is 4. The van der Waals surface area contributed by atoms with Crippen molar-refractivity contribution in [2.45, 2.75) is 30.6 Å². The van der Waals surface area contributed by atoms with Crippen molar-refractivity contribution in [2.75, 3.05) is 11.1 Å². The molecule has 0 atom stereocenters. The van der Waals surface area contributed by atoms with Crippen LogP contribution in [0.15, 0.2) is 76.8 Å². The molecule has 1 aliphatic carbocycles. The molecule has 1 saturated carbocycles. The molecule has 5 rings (SSSR count). The van der Waals surface area contributed by atoms with Gasteiger partial charge in [0, 0.05) is 24.0 Å². The molecule has 172 valence electrons. The third-order valence-electron chi connectivity index (χ3n) is 5.28. The molecule has 0 saturated heterocycles. The van der Waals surface area contributed by atoms with Gasteiger partial charge < -0.3 is 15.1 Å². The second kappa shape index (κ2) is 9.92. The smallest absolute Gasteiger partial charge is 0.253 e. The minimum Gasteiger partial charge on any atom is -0.467 e. The topological polar surface area (TPSA) is 115 Å². The third kappa shape index (κ3) is 5.01. The van der Waals surface area contributed by atoms with E-state index in [2.05, 4.69) is 30.4 Å². The van der Waals surface area contributed by atoms with E-state index in [0.717, 1.165) is 24.2 Å². The number of anilines is 1. The number of aromatic nitrogens is 4. The quantitative estimate of drug-likeness (QED) is 0.353. The molecule has 0 bridgehead atoms. The lowest BCUT2D eigenvalue weighted by molar-refractivity contribution is -0.113. The Labute approximate surface area is 200 Å². The van der Waals surface area contributed by atoms with Crippen molar-refractivity contribution in [1.29, 1.82) is 0 Å². The lowest BCUT2D eigenvalue weighted by Gasteiger charge is -2.11. The maximum atomic E-state index is 12.7. The van der Waals surface area contributed by atoms with Gasteiger partial charge in [-0.3, -0.25) is 19.1 Å². The van der Waals surface area contributed by atoms with Gasteiger partial charge in [0.05, 0.1) is 29.8 Å². The number of thioether (sulfide) groups is 1. The maximum Gasteiger partial charge on any atom is 0.253 e. The summed E-state index contributed by atoms with van der Waals surface area (Å²) in [6.07, 6.45) is 7.16. The SMILES string of the molecule is O=C(CSc1nnc(-c2cccnc2)n1C1CC1)Nc1ccccc1C(=O)NCc1ccco1. The molecule has 1 fully saturated rings. The summed E-state index contributed by atoms with van der Waals surface area (Å²) >= 11 is 1.32. The molecule has 0 spiro atoms. The maximum absolute atomic E-state index is 12.7. The lowest BCUT2D eigenvalue weighted by atomic mass is 10.1. The molecule has 1 aromatic carbocycles. The first kappa shape index (κ1) is 21.9. The average molecular weight is 475 g/mol. The Morgan fingerprint density at radius 1 is 1.09 bits per heavy atom. The van der Waals surface area contributed by atoms with E-state index in [1.54, 1.807) is 55.1 Å². The summed E-state index contributed by atoms with van der Waals surface area (Å²) in [6, 6.07) is 14.6. The van der Waals surface area contributed by atoms with E-state index >= 15 is 0 Å². The molecule has 3 aromatic heterocycles. The number of benzene rings is 1. The van der Waals surface area contributed by atoms with Gasteiger partial charge in [-0.15, -0.1) is 10.2 Å². The molecule has 4 aromatic rings. The Morgan fingerprint density at radius 3 is 2.74 bits per heavy atom. The summed E-state index contributed by atoms with van der Waals surface area (Å²) in [5.41, 5.74) is 1.73. The number of nitrogens with one attached hydrogen (secondary N) is 2. The molecule has 3 heterocycles. The van der Waals surface area contributed by atoms with E-state index in [4.69, 9.17) is 4.42 Å². The minimum atomic E-state index is -0.297. The molecule has 34 heavy (non-hydrogen) atoms. The van der Waals surface area contributed by atoms with E-state index in [-0.39, 0.29) is 24.1 Å². The van der Waals surface area contributed by atoms with Crippen LogP contribution in [0.1, 0.15) is 35.0 Å². The Hall–Kier alpha value is -3.92. The van der Waals surface area contributed by atoms with Gasteiger partial charge in [-0.2, -0.15) is 0 Å². The Bertz CT molecular complexity index is 1290. The monoisotopic (exact) mass is 474 g/mol. The summed E-state index contributed by atoms with van der Waals surface area (Å²) in [5.74, 6) is 1.02. The number of hydrogen-bond donors (Lipinski definition) is 2. The minimum absolute atomic E-state index is 0.139. The van der Waals surface area contributed by atoms with Crippen LogP contribution in [0, 0.1) is 0 Å². The Balaban J connectivity index is 1.24. The fraction of sp³-hybridized carbons (Fsp3) is 0.208. The number of hydrogen-bond acceptors (Lipinski definition) is 7. The van der Waals surface area contributed by atoms with Gasteiger partial charge in [0.15, 0.2) is 11.0 Å². The summed E-state index contributed by atoms with van der Waals surface area (Å²) < 4.78 is 7.33. The van der Waals surface area contributed by atoms with E-state index in [0.29, 0.717) is 28.2 Å². The molecule has 0 aliphatic heterocycles. The van der Waals surface area contributed by atoms with Crippen molar-refractivity contribution >= 4 is 29.3 Å². The summed E-state index contributed by atoms with van der Waals surface area (Å²) in [5, 5.41) is 15.0. The van der Waals surface area contributed by atoms with Crippen molar-refractivity contribution in [3.63, 3.8) is 0 Å². The lowest BCUT2D eigenvalue weighted by Crippen LogP contribution is -2.25. The third-order valence-corrected chi connectivity index (χ3v) is 6.22. The first-order valence-electron chi connectivity index (χ1n) is 10.9. The highest BCUT2D eigenvalue weighted by molar-refractivity contribution is 7.99. The molecular weight excluding hydrogens is 452 g/mol. The molecule has 0 unspecified atom stereocenters. The van der Waals surface area contributed by atoms with Crippen LogP contribution in [0.2, 0.25) is 0 Å². The van der Waals surface area contributed by atoms with Crippen LogP contribution in [-0.4, -0.2) is 37.3 Å². The zero-order chi connectivity index (χ0) is 23.3. The van der Waals surface area contributed by atoms with E-state index < -0.39 is 0 Å². The summed E-state index contributed by atoms with van der Waals surface area (Å²) in [7, 11) is 0. The number of rotatable bonds is 9.